The number of hydrogen-bond acceptors (Lipinski definition) is 3. The Morgan fingerprint density at radius 3 is 2.71 bits per heavy atom. The predicted molar refractivity (Wildman–Crippen MR) is 73.2 cm³/mol. The minimum Gasteiger partial charge on any atom is -0.399 e. The Kier molecular flexibility index (Phi) is 4.73. The highest BCUT2D eigenvalue weighted by Gasteiger charge is 2.24. The van der Waals surface area contributed by atoms with Gasteiger partial charge in [0.15, 0.2) is 0 Å². The van der Waals surface area contributed by atoms with Crippen LogP contribution in [0.15, 0.2) is 40.2 Å². The largest absolute Gasteiger partial charge is 0.399 e. The number of hydrogen-bond donors (Lipinski definition) is 1. The fraction of sp³-hybridized carbons (Fsp3) is 0.273. The molecule has 0 saturated carbocycles. The molecule has 4 nitrogen and oxygen atoms in total. The zero-order valence-corrected chi connectivity index (χ0v) is 12.0. The third kappa shape index (κ3) is 3.08. The van der Waals surface area contributed by atoms with E-state index in [-0.39, 0.29) is 11.4 Å². The maximum atomic E-state index is 12.3. The number of likely N-dealkylation sites (N-methyl/N-ethyl adjacent to an activating group) is 1. The van der Waals surface area contributed by atoms with E-state index in [9.17, 15) is 8.42 Å². The Morgan fingerprint density at radius 2 is 2.18 bits per heavy atom. The Bertz CT molecular complexity index is 514. The van der Waals surface area contributed by atoms with E-state index in [1.165, 1.54) is 10.4 Å². The van der Waals surface area contributed by atoms with Crippen LogP contribution >= 0.6 is 15.9 Å². The van der Waals surface area contributed by atoms with Crippen molar-refractivity contribution < 1.29 is 8.42 Å². The second-order valence-electron chi connectivity index (χ2n) is 3.43. The molecular weight excluding hydrogens is 304 g/mol. The van der Waals surface area contributed by atoms with E-state index in [1.54, 1.807) is 25.1 Å². The maximum Gasteiger partial charge on any atom is 0.244 e. The van der Waals surface area contributed by atoms with Gasteiger partial charge in [0, 0.05) is 23.2 Å². The Labute approximate surface area is 110 Å². The predicted octanol–water partition coefficient (Wildman–Crippen LogP) is 2.23. The van der Waals surface area contributed by atoms with E-state index < -0.39 is 10.0 Å². The average molecular weight is 319 g/mol. The van der Waals surface area contributed by atoms with Gasteiger partial charge in [0.2, 0.25) is 10.0 Å². The van der Waals surface area contributed by atoms with Crippen molar-refractivity contribution in [3.05, 3.63) is 35.3 Å². The molecule has 0 unspecified atom stereocenters. The summed E-state index contributed by atoms with van der Waals surface area (Å²) in [4.78, 5) is 0.182. The van der Waals surface area contributed by atoms with Gasteiger partial charge in [-0.3, -0.25) is 0 Å². The van der Waals surface area contributed by atoms with Crippen LogP contribution in [-0.2, 0) is 10.0 Å². The highest BCUT2D eigenvalue weighted by atomic mass is 79.9. The smallest absolute Gasteiger partial charge is 0.244 e. The van der Waals surface area contributed by atoms with Crippen molar-refractivity contribution in [3.8, 4) is 0 Å². The number of rotatable bonds is 5. The number of nitrogens with zero attached hydrogens (tertiary/aromatic N) is 1. The van der Waals surface area contributed by atoms with Gasteiger partial charge in [-0.25, -0.2) is 8.42 Å². The minimum absolute atomic E-state index is 0.182. The molecule has 0 aliphatic rings. The van der Waals surface area contributed by atoms with Crippen molar-refractivity contribution in [2.24, 2.45) is 0 Å². The Morgan fingerprint density at radius 1 is 1.53 bits per heavy atom. The number of halogens is 1. The van der Waals surface area contributed by atoms with Crippen molar-refractivity contribution in [2.45, 2.75) is 11.8 Å². The standard InChI is InChI=1S/C11H15BrN2O2S/c1-3-7-14(4-2)17(15,16)11-8-9(13)5-6-10(11)12/h3,5-6,8H,1,4,7,13H2,2H3. The molecule has 17 heavy (non-hydrogen) atoms. The minimum atomic E-state index is -3.53. The van der Waals surface area contributed by atoms with Crippen LogP contribution in [0.5, 0.6) is 0 Å². The van der Waals surface area contributed by atoms with Gasteiger partial charge in [-0.05, 0) is 34.1 Å². The zero-order chi connectivity index (χ0) is 13.1. The normalized spacial score (nSPS) is 11.7. The number of benzene rings is 1. The number of nitrogen functional groups attached to an aromatic ring is 1. The quantitative estimate of drug-likeness (QED) is 0.669. The highest BCUT2D eigenvalue weighted by Crippen LogP contribution is 2.26. The van der Waals surface area contributed by atoms with Gasteiger partial charge in [0.05, 0.1) is 4.90 Å². The SMILES string of the molecule is C=CCN(CC)S(=O)(=O)c1cc(N)ccc1Br. The monoisotopic (exact) mass is 318 g/mol. The lowest BCUT2D eigenvalue weighted by Gasteiger charge is -2.19. The third-order valence-electron chi connectivity index (χ3n) is 2.26. The summed E-state index contributed by atoms with van der Waals surface area (Å²) >= 11 is 3.23. The lowest BCUT2D eigenvalue weighted by molar-refractivity contribution is 0.459. The zero-order valence-electron chi connectivity index (χ0n) is 9.56. The lowest BCUT2D eigenvalue weighted by Crippen LogP contribution is -2.31. The van der Waals surface area contributed by atoms with Gasteiger partial charge in [0.1, 0.15) is 0 Å². The first-order valence-electron chi connectivity index (χ1n) is 5.09. The first kappa shape index (κ1) is 14.2. The van der Waals surface area contributed by atoms with Gasteiger partial charge in [-0.1, -0.05) is 13.0 Å². The number of anilines is 1. The molecule has 6 heteroatoms. The van der Waals surface area contributed by atoms with Crippen LogP contribution in [0, 0.1) is 0 Å². The van der Waals surface area contributed by atoms with Crippen molar-refractivity contribution in [2.75, 3.05) is 18.8 Å². The molecular formula is C11H15BrN2O2S. The molecule has 0 spiro atoms. The molecule has 2 N–H and O–H groups in total. The molecule has 1 aromatic rings. The highest BCUT2D eigenvalue weighted by molar-refractivity contribution is 9.10. The van der Waals surface area contributed by atoms with E-state index in [2.05, 4.69) is 22.5 Å². The molecule has 0 saturated heterocycles. The Hall–Kier alpha value is -0.850. The molecule has 0 aromatic heterocycles. The molecule has 0 fully saturated rings. The molecule has 0 aliphatic carbocycles. The molecule has 0 radical (unpaired) electrons. The summed E-state index contributed by atoms with van der Waals surface area (Å²) in [6.07, 6.45) is 1.56. The van der Waals surface area contributed by atoms with Crippen molar-refractivity contribution in [1.29, 1.82) is 0 Å². The number of nitrogens with two attached hydrogens (primary N) is 1. The third-order valence-corrected chi connectivity index (χ3v) is 5.19. The molecule has 1 aromatic carbocycles. The van der Waals surface area contributed by atoms with Gasteiger partial charge < -0.3 is 5.73 Å². The first-order chi connectivity index (χ1) is 7.93. The van der Waals surface area contributed by atoms with Crippen LogP contribution in [0.1, 0.15) is 6.92 Å². The fourth-order valence-corrected chi connectivity index (χ4v) is 3.78. The summed E-state index contributed by atoms with van der Waals surface area (Å²) in [5.41, 5.74) is 6.03. The summed E-state index contributed by atoms with van der Waals surface area (Å²) in [6, 6.07) is 4.72. The van der Waals surface area contributed by atoms with E-state index >= 15 is 0 Å². The summed E-state index contributed by atoms with van der Waals surface area (Å²) in [6.45, 7) is 5.99. The number of sulfonamides is 1. The average Bonchev–Trinajstić information content (AvgIpc) is 2.28. The van der Waals surface area contributed by atoms with Crippen LogP contribution in [0.25, 0.3) is 0 Å². The summed E-state index contributed by atoms with van der Waals surface area (Å²) in [5, 5.41) is 0. The molecule has 0 amide bonds. The molecule has 0 heterocycles. The van der Waals surface area contributed by atoms with Gasteiger partial charge in [-0.15, -0.1) is 6.58 Å². The van der Waals surface area contributed by atoms with Crippen LogP contribution < -0.4 is 5.73 Å². The molecule has 0 aliphatic heterocycles. The van der Waals surface area contributed by atoms with Crippen LogP contribution in [-0.4, -0.2) is 25.8 Å². The van der Waals surface area contributed by atoms with E-state index in [0.29, 0.717) is 16.7 Å². The summed E-state index contributed by atoms with van der Waals surface area (Å²) in [5.74, 6) is 0. The van der Waals surface area contributed by atoms with Gasteiger partial charge in [-0.2, -0.15) is 4.31 Å². The summed E-state index contributed by atoms with van der Waals surface area (Å²) < 4.78 is 26.5. The maximum absolute atomic E-state index is 12.3. The first-order valence-corrected chi connectivity index (χ1v) is 7.32. The van der Waals surface area contributed by atoms with Gasteiger partial charge >= 0.3 is 0 Å². The second-order valence-corrected chi connectivity index (χ2v) is 6.19. The lowest BCUT2D eigenvalue weighted by atomic mass is 10.3. The fourth-order valence-electron chi connectivity index (χ4n) is 1.40. The van der Waals surface area contributed by atoms with Crippen molar-refractivity contribution in [3.63, 3.8) is 0 Å². The van der Waals surface area contributed by atoms with E-state index in [0.717, 1.165) is 0 Å². The van der Waals surface area contributed by atoms with E-state index in [1.807, 2.05) is 0 Å². The molecule has 1 rings (SSSR count). The topological polar surface area (TPSA) is 63.4 Å². The second kappa shape index (κ2) is 5.66. The summed E-state index contributed by atoms with van der Waals surface area (Å²) in [7, 11) is -3.53. The van der Waals surface area contributed by atoms with Crippen molar-refractivity contribution in [1.82, 2.24) is 4.31 Å². The van der Waals surface area contributed by atoms with Crippen LogP contribution in [0.3, 0.4) is 0 Å². The molecule has 0 atom stereocenters. The Balaban J connectivity index is 3.29. The van der Waals surface area contributed by atoms with Crippen LogP contribution in [0.2, 0.25) is 0 Å². The van der Waals surface area contributed by atoms with Gasteiger partial charge in [0.25, 0.3) is 0 Å². The molecule has 94 valence electrons. The van der Waals surface area contributed by atoms with Crippen molar-refractivity contribution >= 4 is 31.6 Å². The van der Waals surface area contributed by atoms with E-state index in [4.69, 9.17) is 5.73 Å². The van der Waals surface area contributed by atoms with Crippen LogP contribution in [0.4, 0.5) is 5.69 Å². The molecule has 0 bridgehead atoms.